The van der Waals surface area contributed by atoms with Crippen LogP contribution in [-0.2, 0) is 0 Å². The third-order valence-corrected chi connectivity index (χ3v) is 4.20. The van der Waals surface area contributed by atoms with Gasteiger partial charge in [0.1, 0.15) is 0 Å². The zero-order chi connectivity index (χ0) is 16.3. The Balaban J connectivity index is 4.33. The van der Waals surface area contributed by atoms with Crippen molar-refractivity contribution in [1.82, 2.24) is 4.90 Å². The third-order valence-electron chi connectivity index (χ3n) is 4.20. The van der Waals surface area contributed by atoms with E-state index in [0.717, 1.165) is 11.8 Å². The zero-order valence-corrected chi connectivity index (χ0v) is 15.9. The summed E-state index contributed by atoms with van der Waals surface area (Å²) >= 11 is 0. The number of allylic oxidation sites excluding steroid dienone is 2. The predicted molar refractivity (Wildman–Crippen MR) is 97.8 cm³/mol. The fourth-order valence-electron chi connectivity index (χ4n) is 3.50. The third kappa shape index (κ3) is 11.0. The molecule has 0 aliphatic heterocycles. The summed E-state index contributed by atoms with van der Waals surface area (Å²) in [5.74, 6) is 2.36. The molecule has 0 aromatic carbocycles. The van der Waals surface area contributed by atoms with Crippen molar-refractivity contribution in [3.8, 4) is 0 Å². The SMILES string of the molecule is CCCN(CCC)CC(CC)CC(C)C/C(C)=C/C(C)C. The molecule has 0 fully saturated rings. The monoisotopic (exact) mass is 295 g/mol. The Morgan fingerprint density at radius 3 is 2.00 bits per heavy atom. The molecule has 2 unspecified atom stereocenters. The van der Waals surface area contributed by atoms with Crippen LogP contribution in [0.2, 0.25) is 0 Å². The van der Waals surface area contributed by atoms with Crippen LogP contribution in [0.1, 0.15) is 80.6 Å². The fraction of sp³-hybridized carbons (Fsp3) is 0.900. The Kier molecular flexibility index (Phi) is 12.1. The summed E-state index contributed by atoms with van der Waals surface area (Å²) in [7, 11) is 0. The maximum Gasteiger partial charge on any atom is 0.000965 e. The molecule has 21 heavy (non-hydrogen) atoms. The maximum atomic E-state index is 2.68. The van der Waals surface area contributed by atoms with Crippen LogP contribution in [0.4, 0.5) is 0 Å². The Morgan fingerprint density at radius 2 is 1.57 bits per heavy atom. The molecule has 0 rings (SSSR count). The molecule has 0 saturated carbocycles. The maximum absolute atomic E-state index is 2.68. The van der Waals surface area contributed by atoms with Crippen molar-refractivity contribution < 1.29 is 0 Å². The highest BCUT2D eigenvalue weighted by Gasteiger charge is 2.15. The van der Waals surface area contributed by atoms with E-state index in [-0.39, 0.29) is 0 Å². The average Bonchev–Trinajstić information content (AvgIpc) is 2.37. The average molecular weight is 296 g/mol. The molecular formula is C20H41N. The van der Waals surface area contributed by atoms with Gasteiger partial charge >= 0.3 is 0 Å². The van der Waals surface area contributed by atoms with E-state index in [1.54, 1.807) is 5.57 Å². The van der Waals surface area contributed by atoms with Crippen LogP contribution < -0.4 is 0 Å². The standard InChI is InChI=1S/C20H41N/c1-8-11-21(12-9-2)16-20(10-3)15-19(7)14-18(6)13-17(4)5/h13,17,19-20H,8-12,14-16H2,1-7H3/b18-13+. The lowest BCUT2D eigenvalue weighted by atomic mass is 9.88. The van der Waals surface area contributed by atoms with Gasteiger partial charge in [0.15, 0.2) is 0 Å². The second kappa shape index (κ2) is 12.3. The van der Waals surface area contributed by atoms with Crippen molar-refractivity contribution in [2.75, 3.05) is 19.6 Å². The number of nitrogens with zero attached hydrogens (tertiary/aromatic N) is 1. The van der Waals surface area contributed by atoms with E-state index in [2.05, 4.69) is 59.4 Å². The smallest absolute Gasteiger partial charge is 0.000965 e. The highest BCUT2D eigenvalue weighted by atomic mass is 15.1. The van der Waals surface area contributed by atoms with Crippen molar-refractivity contribution in [3.63, 3.8) is 0 Å². The first-order chi connectivity index (χ1) is 9.92. The van der Waals surface area contributed by atoms with Crippen molar-refractivity contribution in [2.24, 2.45) is 17.8 Å². The molecule has 0 aromatic rings. The van der Waals surface area contributed by atoms with E-state index in [4.69, 9.17) is 0 Å². The molecule has 0 N–H and O–H groups in total. The lowest BCUT2D eigenvalue weighted by Gasteiger charge is -2.28. The second-order valence-corrected chi connectivity index (χ2v) is 7.38. The molecule has 0 amide bonds. The first-order valence-corrected chi connectivity index (χ1v) is 9.32. The summed E-state index contributed by atoms with van der Waals surface area (Å²) in [6.07, 6.45) is 8.96. The van der Waals surface area contributed by atoms with E-state index < -0.39 is 0 Å². The van der Waals surface area contributed by atoms with Gasteiger partial charge in [0.25, 0.3) is 0 Å². The van der Waals surface area contributed by atoms with Crippen molar-refractivity contribution in [2.45, 2.75) is 80.6 Å². The molecule has 0 saturated heterocycles. The summed E-state index contributed by atoms with van der Waals surface area (Å²) in [4.78, 5) is 2.68. The summed E-state index contributed by atoms with van der Waals surface area (Å²) < 4.78 is 0. The van der Waals surface area contributed by atoms with E-state index in [1.807, 2.05) is 0 Å². The molecule has 1 nitrogen and oxygen atoms in total. The summed E-state index contributed by atoms with van der Waals surface area (Å²) in [5.41, 5.74) is 1.58. The minimum Gasteiger partial charge on any atom is -0.303 e. The fourth-order valence-corrected chi connectivity index (χ4v) is 3.50. The van der Waals surface area contributed by atoms with Crippen LogP contribution >= 0.6 is 0 Å². The van der Waals surface area contributed by atoms with E-state index in [0.29, 0.717) is 5.92 Å². The molecule has 0 radical (unpaired) electrons. The van der Waals surface area contributed by atoms with E-state index in [1.165, 1.54) is 51.7 Å². The topological polar surface area (TPSA) is 3.24 Å². The van der Waals surface area contributed by atoms with Crippen molar-refractivity contribution >= 4 is 0 Å². The van der Waals surface area contributed by atoms with Crippen molar-refractivity contribution in [3.05, 3.63) is 11.6 Å². The van der Waals surface area contributed by atoms with Gasteiger partial charge in [-0.2, -0.15) is 0 Å². The minimum atomic E-state index is 0.684. The van der Waals surface area contributed by atoms with Gasteiger partial charge in [-0.05, 0) is 63.5 Å². The molecule has 1 heteroatoms. The molecular weight excluding hydrogens is 254 g/mol. The van der Waals surface area contributed by atoms with Crippen LogP contribution in [0.25, 0.3) is 0 Å². The van der Waals surface area contributed by atoms with Crippen LogP contribution in [0.5, 0.6) is 0 Å². The lowest BCUT2D eigenvalue weighted by molar-refractivity contribution is 0.208. The lowest BCUT2D eigenvalue weighted by Crippen LogP contribution is -2.31. The molecule has 0 aromatic heterocycles. The molecule has 0 spiro atoms. The first kappa shape index (κ1) is 20.7. The highest BCUT2D eigenvalue weighted by Crippen LogP contribution is 2.23. The second-order valence-electron chi connectivity index (χ2n) is 7.38. The summed E-state index contributed by atoms with van der Waals surface area (Å²) in [5, 5.41) is 0. The molecule has 0 heterocycles. The van der Waals surface area contributed by atoms with Gasteiger partial charge in [-0.1, -0.05) is 59.6 Å². The van der Waals surface area contributed by atoms with Crippen LogP contribution in [0.3, 0.4) is 0 Å². The highest BCUT2D eigenvalue weighted by molar-refractivity contribution is 5.00. The summed E-state index contributed by atoms with van der Waals surface area (Å²) in [6.45, 7) is 20.1. The van der Waals surface area contributed by atoms with Gasteiger partial charge in [0.2, 0.25) is 0 Å². The molecule has 0 bridgehead atoms. The van der Waals surface area contributed by atoms with Gasteiger partial charge < -0.3 is 4.90 Å². The van der Waals surface area contributed by atoms with Crippen LogP contribution in [-0.4, -0.2) is 24.5 Å². The number of hydrogen-bond donors (Lipinski definition) is 0. The Morgan fingerprint density at radius 1 is 1.00 bits per heavy atom. The zero-order valence-electron chi connectivity index (χ0n) is 15.9. The van der Waals surface area contributed by atoms with Gasteiger partial charge in [-0.25, -0.2) is 0 Å². The van der Waals surface area contributed by atoms with Crippen molar-refractivity contribution in [1.29, 1.82) is 0 Å². The number of rotatable bonds is 12. The quantitative estimate of drug-likeness (QED) is 0.390. The van der Waals surface area contributed by atoms with Crippen LogP contribution in [0, 0.1) is 17.8 Å². The molecule has 126 valence electrons. The summed E-state index contributed by atoms with van der Waals surface area (Å²) in [6, 6.07) is 0. The Bertz CT molecular complexity index is 261. The Labute approximate surface area is 135 Å². The normalized spacial score (nSPS) is 15.8. The largest absolute Gasteiger partial charge is 0.303 e. The molecule has 2 atom stereocenters. The van der Waals surface area contributed by atoms with Gasteiger partial charge in [-0.15, -0.1) is 0 Å². The van der Waals surface area contributed by atoms with Gasteiger partial charge in [-0.3, -0.25) is 0 Å². The van der Waals surface area contributed by atoms with Crippen LogP contribution in [0.15, 0.2) is 11.6 Å². The van der Waals surface area contributed by atoms with Gasteiger partial charge in [0, 0.05) is 6.54 Å². The Hall–Kier alpha value is -0.300. The van der Waals surface area contributed by atoms with E-state index >= 15 is 0 Å². The molecule has 0 aliphatic carbocycles. The predicted octanol–water partition coefficient (Wildman–Crippen LogP) is 6.15. The molecule has 0 aliphatic rings. The van der Waals surface area contributed by atoms with Gasteiger partial charge in [0.05, 0.1) is 0 Å². The minimum absolute atomic E-state index is 0.684. The van der Waals surface area contributed by atoms with E-state index in [9.17, 15) is 0 Å². The first-order valence-electron chi connectivity index (χ1n) is 9.32. The number of hydrogen-bond acceptors (Lipinski definition) is 1.